The number of hydrogen-bond donors (Lipinski definition) is 2. The Morgan fingerprint density at radius 2 is 2.22 bits per heavy atom. The summed E-state index contributed by atoms with van der Waals surface area (Å²) in [5.74, 6) is 2.57. The highest BCUT2D eigenvalue weighted by molar-refractivity contribution is 5.78. The summed E-state index contributed by atoms with van der Waals surface area (Å²) in [4.78, 5) is 4.35. The van der Waals surface area contributed by atoms with E-state index in [4.69, 9.17) is 5.73 Å². The summed E-state index contributed by atoms with van der Waals surface area (Å²) >= 11 is 0. The Hall–Kier alpha value is -1.59. The Kier molecular flexibility index (Phi) is 3.17. The highest BCUT2D eigenvalue weighted by Gasteiger charge is 2.21. The average Bonchev–Trinajstić information content (AvgIpc) is 3.13. The van der Waals surface area contributed by atoms with Crippen LogP contribution < -0.4 is 11.1 Å². The fourth-order valence-corrected chi connectivity index (χ4v) is 2.30. The van der Waals surface area contributed by atoms with Crippen LogP contribution in [-0.4, -0.2) is 26.8 Å². The van der Waals surface area contributed by atoms with E-state index in [1.54, 1.807) is 0 Å². The second-order valence-corrected chi connectivity index (χ2v) is 5.11. The van der Waals surface area contributed by atoms with Crippen LogP contribution in [0.5, 0.6) is 0 Å². The van der Waals surface area contributed by atoms with Crippen LogP contribution in [0, 0.1) is 0 Å². The number of guanidine groups is 1. The van der Waals surface area contributed by atoms with Gasteiger partial charge in [0.1, 0.15) is 12.4 Å². The van der Waals surface area contributed by atoms with Crippen molar-refractivity contribution in [3.63, 3.8) is 0 Å². The van der Waals surface area contributed by atoms with Crippen molar-refractivity contribution in [3.05, 3.63) is 11.6 Å². The predicted octanol–water partition coefficient (Wildman–Crippen LogP) is 0.571. The largest absolute Gasteiger partial charge is 0.370 e. The number of rotatable bonds is 3. The number of nitrogens with zero attached hydrogens (tertiary/aromatic N) is 4. The Morgan fingerprint density at radius 3 is 3.06 bits per heavy atom. The van der Waals surface area contributed by atoms with Crippen molar-refractivity contribution in [2.45, 2.75) is 57.7 Å². The van der Waals surface area contributed by atoms with Gasteiger partial charge in [-0.05, 0) is 25.7 Å². The quantitative estimate of drug-likeness (QED) is 0.605. The molecule has 1 aliphatic carbocycles. The Labute approximate surface area is 107 Å². The van der Waals surface area contributed by atoms with Crippen LogP contribution in [0.4, 0.5) is 0 Å². The molecule has 1 aromatic rings. The fraction of sp³-hybridized carbons (Fsp3) is 0.750. The topological polar surface area (TPSA) is 81.1 Å². The molecule has 0 bridgehead atoms. The van der Waals surface area contributed by atoms with E-state index in [-0.39, 0.29) is 0 Å². The molecule has 0 aromatic carbocycles. The van der Waals surface area contributed by atoms with Gasteiger partial charge in [-0.25, -0.2) is 4.99 Å². The highest BCUT2D eigenvalue weighted by Crippen LogP contribution is 2.18. The minimum absolute atomic E-state index is 0.526. The number of nitrogens with two attached hydrogens (primary N) is 1. The van der Waals surface area contributed by atoms with Gasteiger partial charge in [-0.1, -0.05) is 6.42 Å². The van der Waals surface area contributed by atoms with Crippen molar-refractivity contribution in [3.8, 4) is 0 Å². The normalized spacial score (nSPS) is 20.3. The number of aryl methyl sites for hydroxylation is 1. The van der Waals surface area contributed by atoms with Gasteiger partial charge in [0.05, 0.1) is 0 Å². The SMILES string of the molecule is NC(=NCc1nnc2n1CCCCC2)NC1CC1. The number of aliphatic imine (C=N–C) groups is 1. The minimum atomic E-state index is 0.526. The van der Waals surface area contributed by atoms with Crippen LogP contribution in [0.15, 0.2) is 4.99 Å². The molecule has 98 valence electrons. The fourth-order valence-electron chi connectivity index (χ4n) is 2.30. The molecule has 3 rings (SSSR count). The summed E-state index contributed by atoms with van der Waals surface area (Å²) in [6.07, 6.45) is 7.14. The van der Waals surface area contributed by atoms with E-state index in [1.165, 1.54) is 32.1 Å². The number of aromatic nitrogens is 3. The lowest BCUT2D eigenvalue weighted by Crippen LogP contribution is -2.33. The standard InChI is InChI=1S/C12H20N6/c13-12(15-9-5-6-9)14-8-11-17-16-10-4-2-1-3-7-18(10)11/h9H,1-8H2,(H3,13,14,15). The maximum atomic E-state index is 5.82. The van der Waals surface area contributed by atoms with Gasteiger partial charge < -0.3 is 15.6 Å². The van der Waals surface area contributed by atoms with Crippen molar-refractivity contribution in [1.29, 1.82) is 0 Å². The molecule has 0 atom stereocenters. The number of fused-ring (bicyclic) bond motifs is 1. The molecule has 18 heavy (non-hydrogen) atoms. The van der Waals surface area contributed by atoms with Crippen molar-refractivity contribution in [2.24, 2.45) is 10.7 Å². The zero-order valence-electron chi connectivity index (χ0n) is 10.6. The van der Waals surface area contributed by atoms with Gasteiger partial charge in [-0.15, -0.1) is 10.2 Å². The van der Waals surface area contributed by atoms with Crippen molar-refractivity contribution < 1.29 is 0 Å². The molecule has 1 fully saturated rings. The van der Waals surface area contributed by atoms with E-state index < -0.39 is 0 Å². The first-order chi connectivity index (χ1) is 8.83. The summed E-state index contributed by atoms with van der Waals surface area (Å²) < 4.78 is 2.21. The zero-order chi connectivity index (χ0) is 12.4. The van der Waals surface area contributed by atoms with Crippen molar-refractivity contribution in [2.75, 3.05) is 0 Å². The third-order valence-corrected chi connectivity index (χ3v) is 3.51. The Bertz CT molecular complexity index is 445. The van der Waals surface area contributed by atoms with E-state index in [1.807, 2.05) is 0 Å². The smallest absolute Gasteiger partial charge is 0.189 e. The lowest BCUT2D eigenvalue weighted by Gasteiger charge is -2.06. The Morgan fingerprint density at radius 1 is 1.33 bits per heavy atom. The monoisotopic (exact) mass is 248 g/mol. The van der Waals surface area contributed by atoms with Crippen LogP contribution in [0.1, 0.15) is 43.8 Å². The van der Waals surface area contributed by atoms with Crippen LogP contribution in [-0.2, 0) is 19.5 Å². The van der Waals surface area contributed by atoms with Gasteiger partial charge in [-0.2, -0.15) is 0 Å². The molecule has 6 nitrogen and oxygen atoms in total. The van der Waals surface area contributed by atoms with Gasteiger partial charge in [0.2, 0.25) is 0 Å². The lowest BCUT2D eigenvalue weighted by atomic mass is 10.2. The van der Waals surface area contributed by atoms with E-state index in [0.717, 1.165) is 24.6 Å². The highest BCUT2D eigenvalue weighted by atomic mass is 15.3. The molecule has 6 heteroatoms. The van der Waals surface area contributed by atoms with Gasteiger partial charge in [0.15, 0.2) is 11.8 Å². The molecular weight excluding hydrogens is 228 g/mol. The van der Waals surface area contributed by atoms with Gasteiger partial charge in [0, 0.05) is 19.0 Å². The van der Waals surface area contributed by atoms with Crippen LogP contribution in [0.25, 0.3) is 0 Å². The van der Waals surface area contributed by atoms with Gasteiger partial charge in [0.25, 0.3) is 0 Å². The first kappa shape index (κ1) is 11.5. The average molecular weight is 248 g/mol. The van der Waals surface area contributed by atoms with Crippen LogP contribution in [0.2, 0.25) is 0 Å². The molecule has 0 amide bonds. The number of nitrogens with one attached hydrogen (secondary N) is 1. The summed E-state index contributed by atoms with van der Waals surface area (Å²) in [5.41, 5.74) is 5.82. The van der Waals surface area contributed by atoms with Gasteiger partial charge >= 0.3 is 0 Å². The molecule has 0 radical (unpaired) electrons. The summed E-state index contributed by atoms with van der Waals surface area (Å²) in [5, 5.41) is 11.7. The third-order valence-electron chi connectivity index (χ3n) is 3.51. The molecule has 0 unspecified atom stereocenters. The maximum Gasteiger partial charge on any atom is 0.189 e. The van der Waals surface area contributed by atoms with Crippen molar-refractivity contribution >= 4 is 5.96 Å². The molecule has 1 saturated carbocycles. The predicted molar refractivity (Wildman–Crippen MR) is 69.1 cm³/mol. The van der Waals surface area contributed by atoms with E-state index in [9.17, 15) is 0 Å². The van der Waals surface area contributed by atoms with Crippen LogP contribution in [0.3, 0.4) is 0 Å². The molecular formula is C12H20N6. The molecule has 2 heterocycles. The molecule has 3 N–H and O–H groups in total. The first-order valence-electron chi connectivity index (χ1n) is 6.80. The van der Waals surface area contributed by atoms with E-state index in [0.29, 0.717) is 18.5 Å². The molecule has 1 aliphatic heterocycles. The second kappa shape index (κ2) is 4.96. The Balaban J connectivity index is 1.66. The van der Waals surface area contributed by atoms with Crippen molar-refractivity contribution in [1.82, 2.24) is 20.1 Å². The van der Waals surface area contributed by atoms with Gasteiger partial charge in [-0.3, -0.25) is 0 Å². The molecule has 1 aromatic heterocycles. The second-order valence-electron chi connectivity index (χ2n) is 5.11. The molecule has 0 spiro atoms. The summed E-state index contributed by atoms with van der Waals surface area (Å²) in [6.45, 7) is 1.54. The zero-order valence-corrected chi connectivity index (χ0v) is 10.6. The first-order valence-corrected chi connectivity index (χ1v) is 6.80. The minimum Gasteiger partial charge on any atom is -0.370 e. The van der Waals surface area contributed by atoms with E-state index >= 15 is 0 Å². The lowest BCUT2D eigenvalue weighted by molar-refractivity contribution is 0.606. The molecule has 2 aliphatic rings. The number of hydrogen-bond acceptors (Lipinski definition) is 3. The summed E-state index contributed by atoms with van der Waals surface area (Å²) in [6, 6.07) is 0.546. The molecule has 0 saturated heterocycles. The van der Waals surface area contributed by atoms with Crippen LogP contribution >= 0.6 is 0 Å². The third kappa shape index (κ3) is 2.63. The maximum absolute atomic E-state index is 5.82. The summed E-state index contributed by atoms with van der Waals surface area (Å²) in [7, 11) is 0. The van der Waals surface area contributed by atoms with E-state index in [2.05, 4.69) is 25.1 Å².